The van der Waals surface area contributed by atoms with Crippen molar-refractivity contribution >= 4 is 27.5 Å². The normalized spacial score (nSPS) is 28.8. The van der Waals surface area contributed by atoms with Crippen molar-refractivity contribution in [3.8, 4) is 0 Å². The number of carbonyl (C=O) groups is 1. The predicted octanol–water partition coefficient (Wildman–Crippen LogP) is 5.13. The minimum Gasteiger partial charge on any atom is -0.325 e. The summed E-state index contributed by atoms with van der Waals surface area (Å²) in [5.41, 5.74) is 0.659. The Labute approximate surface area is 133 Å². The fourth-order valence-electron chi connectivity index (χ4n) is 3.94. The first-order valence-electron chi connectivity index (χ1n) is 7.89. The van der Waals surface area contributed by atoms with Crippen molar-refractivity contribution in [2.24, 2.45) is 17.8 Å². The third-order valence-electron chi connectivity index (χ3n) is 5.10. The van der Waals surface area contributed by atoms with Gasteiger partial charge in [0.2, 0.25) is 5.91 Å². The maximum atomic E-state index is 13.1. The van der Waals surface area contributed by atoms with E-state index in [4.69, 9.17) is 0 Å². The third-order valence-corrected chi connectivity index (χ3v) is 5.76. The summed E-state index contributed by atoms with van der Waals surface area (Å²) in [5, 5.41) is 2.95. The molecular weight excluding hydrogens is 333 g/mol. The second-order valence-electron chi connectivity index (χ2n) is 6.43. The molecule has 1 aromatic carbocycles. The molecule has 0 radical (unpaired) electrons. The maximum absolute atomic E-state index is 13.1. The van der Waals surface area contributed by atoms with Crippen LogP contribution in [0, 0.1) is 23.6 Å². The Hall–Kier alpha value is -0.900. The van der Waals surface area contributed by atoms with Gasteiger partial charge < -0.3 is 5.32 Å². The van der Waals surface area contributed by atoms with Crippen LogP contribution in [0.25, 0.3) is 0 Å². The highest BCUT2D eigenvalue weighted by atomic mass is 79.9. The molecule has 4 heteroatoms. The van der Waals surface area contributed by atoms with Gasteiger partial charge in [-0.25, -0.2) is 4.39 Å². The van der Waals surface area contributed by atoms with Gasteiger partial charge in [-0.15, -0.1) is 0 Å². The van der Waals surface area contributed by atoms with Crippen molar-refractivity contribution in [2.45, 2.75) is 44.9 Å². The smallest absolute Gasteiger partial charge is 0.227 e. The lowest BCUT2D eigenvalue weighted by Gasteiger charge is -2.38. The van der Waals surface area contributed by atoms with Gasteiger partial charge >= 0.3 is 0 Å². The van der Waals surface area contributed by atoms with Crippen LogP contribution in [0.2, 0.25) is 0 Å². The molecule has 2 nitrogen and oxygen atoms in total. The third kappa shape index (κ3) is 3.47. The summed E-state index contributed by atoms with van der Waals surface area (Å²) >= 11 is 3.30. The van der Waals surface area contributed by atoms with Crippen molar-refractivity contribution in [3.63, 3.8) is 0 Å². The van der Waals surface area contributed by atoms with Gasteiger partial charge in [-0.3, -0.25) is 4.79 Å². The summed E-state index contributed by atoms with van der Waals surface area (Å²) in [5.74, 6) is 1.48. The summed E-state index contributed by atoms with van der Waals surface area (Å²) in [4.78, 5) is 12.5. The molecule has 1 aromatic rings. The second kappa shape index (κ2) is 6.47. The zero-order chi connectivity index (χ0) is 14.8. The van der Waals surface area contributed by atoms with Gasteiger partial charge in [0, 0.05) is 10.4 Å². The molecule has 2 aliphatic carbocycles. The lowest BCUT2D eigenvalue weighted by Crippen LogP contribution is -2.33. The Morgan fingerprint density at radius 3 is 2.67 bits per heavy atom. The zero-order valence-electron chi connectivity index (χ0n) is 12.1. The van der Waals surface area contributed by atoms with E-state index in [0.717, 1.165) is 24.7 Å². The fourth-order valence-corrected chi connectivity index (χ4v) is 4.39. The van der Waals surface area contributed by atoms with E-state index in [1.807, 2.05) is 0 Å². The van der Waals surface area contributed by atoms with Gasteiger partial charge in [0.25, 0.3) is 0 Å². The average molecular weight is 354 g/mol. The first-order chi connectivity index (χ1) is 10.1. The van der Waals surface area contributed by atoms with E-state index in [9.17, 15) is 9.18 Å². The van der Waals surface area contributed by atoms with Crippen molar-refractivity contribution in [3.05, 3.63) is 28.5 Å². The molecule has 1 N–H and O–H groups in total. The highest BCUT2D eigenvalue weighted by molar-refractivity contribution is 9.10. The molecule has 0 heterocycles. The van der Waals surface area contributed by atoms with Crippen LogP contribution in [0.1, 0.15) is 44.9 Å². The van der Waals surface area contributed by atoms with Gasteiger partial charge in [-0.05, 0) is 65.2 Å². The van der Waals surface area contributed by atoms with Crippen LogP contribution >= 0.6 is 15.9 Å². The fraction of sp³-hybridized carbons (Fsp3) is 0.588. The van der Waals surface area contributed by atoms with E-state index in [0.29, 0.717) is 10.2 Å². The van der Waals surface area contributed by atoms with E-state index in [1.165, 1.54) is 44.2 Å². The number of fused-ring (bicyclic) bond motifs is 1. The van der Waals surface area contributed by atoms with Crippen LogP contribution < -0.4 is 5.32 Å². The van der Waals surface area contributed by atoms with E-state index in [-0.39, 0.29) is 17.6 Å². The number of benzene rings is 1. The Morgan fingerprint density at radius 1 is 1.14 bits per heavy atom. The Kier molecular flexibility index (Phi) is 4.63. The van der Waals surface area contributed by atoms with E-state index >= 15 is 0 Å². The molecular formula is C17H21BrFNO. The molecule has 3 atom stereocenters. The molecule has 3 rings (SSSR count). The highest BCUT2D eigenvalue weighted by Crippen LogP contribution is 2.43. The van der Waals surface area contributed by atoms with Gasteiger partial charge in [0.05, 0.1) is 5.69 Å². The molecule has 3 unspecified atom stereocenters. The monoisotopic (exact) mass is 353 g/mol. The minimum atomic E-state index is -0.303. The van der Waals surface area contributed by atoms with Gasteiger partial charge in [0.1, 0.15) is 5.82 Å². The molecule has 0 spiro atoms. The molecule has 2 fully saturated rings. The Bertz CT molecular complexity index is 534. The predicted molar refractivity (Wildman–Crippen MR) is 85.5 cm³/mol. The Balaban J connectivity index is 1.63. The van der Waals surface area contributed by atoms with Crippen LogP contribution in [-0.2, 0) is 4.79 Å². The number of hydrogen-bond donors (Lipinski definition) is 1. The molecule has 0 aliphatic heterocycles. The molecule has 2 aliphatic rings. The summed E-state index contributed by atoms with van der Waals surface area (Å²) < 4.78 is 13.7. The minimum absolute atomic E-state index is 0.0892. The number of carbonyl (C=O) groups excluding carboxylic acids is 1. The van der Waals surface area contributed by atoms with Crippen LogP contribution in [0.5, 0.6) is 0 Å². The molecule has 114 valence electrons. The molecule has 2 saturated carbocycles. The van der Waals surface area contributed by atoms with E-state index in [2.05, 4.69) is 21.2 Å². The number of anilines is 1. The molecule has 0 saturated heterocycles. The first-order valence-corrected chi connectivity index (χ1v) is 8.68. The largest absolute Gasteiger partial charge is 0.325 e. The van der Waals surface area contributed by atoms with Gasteiger partial charge in [0.15, 0.2) is 0 Å². The lowest BCUT2D eigenvalue weighted by atomic mass is 9.67. The van der Waals surface area contributed by atoms with Crippen LogP contribution in [-0.4, -0.2) is 5.91 Å². The molecule has 0 bridgehead atoms. The average Bonchev–Trinajstić information content (AvgIpc) is 2.49. The quantitative estimate of drug-likeness (QED) is 0.783. The van der Waals surface area contributed by atoms with Crippen LogP contribution in [0.3, 0.4) is 0 Å². The summed E-state index contributed by atoms with van der Waals surface area (Å²) in [6.45, 7) is 0. The zero-order valence-corrected chi connectivity index (χ0v) is 13.7. The molecule has 21 heavy (non-hydrogen) atoms. The van der Waals surface area contributed by atoms with E-state index < -0.39 is 0 Å². The standard InChI is InChI=1S/C17H21BrFNO/c18-15-10-14(19)7-8-16(15)20-17(21)13-6-5-11-3-1-2-4-12(11)9-13/h7-8,10-13H,1-6,9H2,(H,20,21). The SMILES string of the molecule is O=C(Nc1ccc(F)cc1Br)C1CCC2CCCCC2C1. The second-order valence-corrected chi connectivity index (χ2v) is 7.28. The first kappa shape index (κ1) is 15.0. The Morgan fingerprint density at radius 2 is 1.90 bits per heavy atom. The van der Waals surface area contributed by atoms with Crippen molar-refractivity contribution in [2.75, 3.05) is 5.32 Å². The summed E-state index contributed by atoms with van der Waals surface area (Å²) in [6.07, 6.45) is 8.52. The number of nitrogens with one attached hydrogen (secondary N) is 1. The molecule has 0 aromatic heterocycles. The topological polar surface area (TPSA) is 29.1 Å². The lowest BCUT2D eigenvalue weighted by molar-refractivity contribution is -0.122. The van der Waals surface area contributed by atoms with Crippen LogP contribution in [0.15, 0.2) is 22.7 Å². The number of rotatable bonds is 2. The molecule has 1 amide bonds. The van der Waals surface area contributed by atoms with E-state index in [1.54, 1.807) is 6.07 Å². The van der Waals surface area contributed by atoms with Gasteiger partial charge in [-0.2, -0.15) is 0 Å². The number of halogens is 2. The maximum Gasteiger partial charge on any atom is 0.227 e. The highest BCUT2D eigenvalue weighted by Gasteiger charge is 2.35. The van der Waals surface area contributed by atoms with Crippen LogP contribution in [0.4, 0.5) is 10.1 Å². The summed E-state index contributed by atoms with van der Waals surface area (Å²) in [6, 6.07) is 4.37. The van der Waals surface area contributed by atoms with Gasteiger partial charge in [-0.1, -0.05) is 25.7 Å². The number of amides is 1. The summed E-state index contributed by atoms with van der Waals surface area (Å²) in [7, 11) is 0. The van der Waals surface area contributed by atoms with Crippen molar-refractivity contribution in [1.82, 2.24) is 0 Å². The number of hydrogen-bond acceptors (Lipinski definition) is 1. The van der Waals surface area contributed by atoms with Crippen molar-refractivity contribution < 1.29 is 9.18 Å². The van der Waals surface area contributed by atoms with Crippen molar-refractivity contribution in [1.29, 1.82) is 0 Å².